The summed E-state index contributed by atoms with van der Waals surface area (Å²) in [5.41, 5.74) is 2.06. The fourth-order valence-electron chi connectivity index (χ4n) is 3.92. The molecule has 8 nitrogen and oxygen atoms in total. The van der Waals surface area contributed by atoms with Crippen LogP contribution < -0.4 is 10.3 Å². The van der Waals surface area contributed by atoms with Crippen LogP contribution in [0.1, 0.15) is 23.6 Å². The van der Waals surface area contributed by atoms with Gasteiger partial charge in [-0.25, -0.2) is 17.6 Å². The van der Waals surface area contributed by atoms with E-state index >= 15 is 4.39 Å². The lowest BCUT2D eigenvalue weighted by Crippen LogP contribution is -2.49. The maximum Gasteiger partial charge on any atom is 0.470 e. The number of rotatable bonds is 4. The number of sulfone groups is 1. The second-order valence-corrected chi connectivity index (χ2v) is 11.1. The summed E-state index contributed by atoms with van der Waals surface area (Å²) in [4.78, 5) is 16.1. The summed E-state index contributed by atoms with van der Waals surface area (Å²) in [6.07, 6.45) is -4.80. The highest BCUT2D eigenvalue weighted by Crippen LogP contribution is 2.33. The Balaban J connectivity index is 1.59. The molecule has 0 radical (unpaired) electrons. The van der Waals surface area contributed by atoms with Gasteiger partial charge in [0.15, 0.2) is 9.84 Å². The van der Waals surface area contributed by atoms with Gasteiger partial charge in [0.2, 0.25) is 5.72 Å². The van der Waals surface area contributed by atoms with Crippen molar-refractivity contribution < 1.29 is 35.5 Å². The molecule has 4 rings (SSSR count). The number of hydrazone groups is 1. The van der Waals surface area contributed by atoms with Gasteiger partial charge in [-0.3, -0.25) is 10.3 Å². The van der Waals surface area contributed by atoms with E-state index in [-0.39, 0.29) is 42.3 Å². The number of ether oxygens (including phenoxy) is 1. The monoisotopic (exact) mass is 528 g/mol. The van der Waals surface area contributed by atoms with E-state index in [4.69, 9.17) is 4.74 Å². The van der Waals surface area contributed by atoms with Gasteiger partial charge < -0.3 is 9.64 Å². The highest BCUT2D eigenvalue weighted by atomic mass is 32.2. The fourth-order valence-corrected chi connectivity index (χ4v) is 5.12. The molecule has 2 aromatic carbocycles. The number of nitrogens with zero attached hydrogens (tertiary/aromatic N) is 3. The van der Waals surface area contributed by atoms with Crippen LogP contribution in [-0.4, -0.2) is 56.0 Å². The van der Waals surface area contributed by atoms with Crippen LogP contribution in [0.3, 0.4) is 0 Å². The van der Waals surface area contributed by atoms with E-state index < -0.39 is 39.5 Å². The zero-order valence-electron chi connectivity index (χ0n) is 19.5. The van der Waals surface area contributed by atoms with Crippen LogP contribution in [0, 0.1) is 12.7 Å². The number of carbonyl (C=O) groups is 1. The predicted octanol–water partition coefficient (Wildman–Crippen LogP) is 3.66. The molecular weight excluding hydrogens is 504 g/mol. The molecule has 13 heteroatoms. The average molecular weight is 529 g/mol. The third-order valence-electron chi connectivity index (χ3n) is 6.01. The number of anilines is 1. The Hall–Kier alpha value is -3.35. The predicted molar refractivity (Wildman–Crippen MR) is 124 cm³/mol. The lowest BCUT2D eigenvalue weighted by atomic mass is 10.0. The zero-order valence-corrected chi connectivity index (χ0v) is 20.3. The minimum absolute atomic E-state index is 0.0216. The largest absolute Gasteiger partial charge is 0.470 e. The van der Waals surface area contributed by atoms with Crippen LogP contribution in [0.5, 0.6) is 0 Å². The summed E-state index contributed by atoms with van der Waals surface area (Å²) in [6, 6.07) is 10.3. The Bertz CT molecular complexity index is 1300. The van der Waals surface area contributed by atoms with Crippen molar-refractivity contribution in [3.8, 4) is 0 Å². The SMILES string of the molecule is Cc1cccc(N(Cc2ccc(C3(C)NN=C(C(F)(F)F)O3)cc2F)C(=O)N2CCS(=O)(=O)CC2)c1. The average Bonchev–Trinajstić information content (AvgIpc) is 3.22. The first kappa shape index (κ1) is 25.7. The molecule has 36 heavy (non-hydrogen) atoms. The lowest BCUT2D eigenvalue weighted by molar-refractivity contribution is -0.0888. The maximum absolute atomic E-state index is 15.2. The van der Waals surface area contributed by atoms with E-state index in [2.05, 4.69) is 10.5 Å². The highest BCUT2D eigenvalue weighted by Gasteiger charge is 2.48. The molecule has 0 saturated carbocycles. The van der Waals surface area contributed by atoms with E-state index in [1.807, 2.05) is 13.0 Å². The zero-order chi connectivity index (χ0) is 26.3. The number of hydrogen-bond acceptors (Lipinski definition) is 6. The third kappa shape index (κ3) is 5.40. The van der Waals surface area contributed by atoms with Crippen molar-refractivity contribution in [2.75, 3.05) is 29.5 Å². The van der Waals surface area contributed by atoms with Gasteiger partial charge in [0, 0.05) is 36.8 Å². The topological polar surface area (TPSA) is 91.3 Å². The van der Waals surface area contributed by atoms with Crippen molar-refractivity contribution in [2.45, 2.75) is 32.3 Å². The van der Waals surface area contributed by atoms with Crippen molar-refractivity contribution in [1.82, 2.24) is 10.3 Å². The first-order valence-corrected chi connectivity index (χ1v) is 12.8. The number of amides is 2. The van der Waals surface area contributed by atoms with Gasteiger partial charge in [0.25, 0.3) is 0 Å². The summed E-state index contributed by atoms with van der Waals surface area (Å²) in [6.45, 7) is 2.98. The molecule has 2 aliphatic heterocycles. The van der Waals surface area contributed by atoms with Gasteiger partial charge in [-0.2, -0.15) is 13.2 Å². The first-order chi connectivity index (χ1) is 16.8. The molecule has 1 fully saturated rings. The molecule has 0 aliphatic carbocycles. The van der Waals surface area contributed by atoms with Crippen molar-refractivity contribution in [3.63, 3.8) is 0 Å². The molecule has 2 amide bonds. The number of benzene rings is 2. The van der Waals surface area contributed by atoms with Gasteiger partial charge in [0.1, 0.15) is 5.82 Å². The molecule has 2 aromatic rings. The van der Waals surface area contributed by atoms with E-state index in [0.717, 1.165) is 11.6 Å². The number of carbonyl (C=O) groups excluding carboxylic acids is 1. The number of alkyl halides is 3. The second kappa shape index (κ2) is 9.26. The molecule has 0 bridgehead atoms. The van der Waals surface area contributed by atoms with Gasteiger partial charge >= 0.3 is 18.1 Å². The van der Waals surface area contributed by atoms with Crippen molar-refractivity contribution in [1.29, 1.82) is 0 Å². The maximum atomic E-state index is 15.2. The smallest absolute Gasteiger partial charge is 0.441 e. The molecule has 2 aliphatic rings. The van der Waals surface area contributed by atoms with Gasteiger partial charge in [-0.15, -0.1) is 5.10 Å². The molecule has 1 unspecified atom stereocenters. The minimum Gasteiger partial charge on any atom is -0.441 e. The Labute approximate surface area is 205 Å². The molecule has 1 atom stereocenters. The van der Waals surface area contributed by atoms with Gasteiger partial charge in [0.05, 0.1) is 18.1 Å². The van der Waals surface area contributed by atoms with Gasteiger partial charge in [-0.1, -0.05) is 24.3 Å². The Kier molecular flexibility index (Phi) is 6.62. The standard InChI is InChI=1S/C23H24F4N4O4S/c1-15-4-3-5-18(12-15)31(21(32)30-8-10-36(33,34)11-9-30)14-16-6-7-17(13-19(16)24)22(2)29-28-20(35-22)23(25,26)27/h3-7,12-13,29H,8-11,14H2,1-2H3. The molecule has 194 valence electrons. The molecular formula is C23H24F4N4O4S. The van der Waals surface area contributed by atoms with Crippen LogP contribution in [0.4, 0.5) is 28.0 Å². The molecule has 0 aromatic heterocycles. The third-order valence-corrected chi connectivity index (χ3v) is 7.61. The van der Waals surface area contributed by atoms with Crippen molar-refractivity contribution in [3.05, 3.63) is 65.0 Å². The highest BCUT2D eigenvalue weighted by molar-refractivity contribution is 7.91. The molecule has 1 saturated heterocycles. The number of halogens is 4. The van der Waals surface area contributed by atoms with E-state index in [9.17, 15) is 26.4 Å². The molecule has 2 heterocycles. The van der Waals surface area contributed by atoms with Crippen LogP contribution >= 0.6 is 0 Å². The van der Waals surface area contributed by atoms with Crippen LogP contribution in [0.15, 0.2) is 47.6 Å². The number of nitrogens with one attached hydrogen (secondary N) is 1. The summed E-state index contributed by atoms with van der Waals surface area (Å²) in [5, 5.41) is 3.17. The Morgan fingerprint density at radius 2 is 1.89 bits per heavy atom. The van der Waals surface area contributed by atoms with Crippen LogP contribution in [-0.2, 0) is 26.8 Å². The van der Waals surface area contributed by atoms with Crippen LogP contribution in [0.2, 0.25) is 0 Å². The van der Waals surface area contributed by atoms with E-state index in [1.165, 1.54) is 28.9 Å². The van der Waals surface area contributed by atoms with Crippen LogP contribution in [0.25, 0.3) is 0 Å². The lowest BCUT2D eigenvalue weighted by Gasteiger charge is -2.33. The minimum atomic E-state index is -4.80. The van der Waals surface area contributed by atoms with Gasteiger partial charge in [-0.05, 0) is 30.7 Å². The van der Waals surface area contributed by atoms with Crippen molar-refractivity contribution in [2.24, 2.45) is 5.10 Å². The molecule has 0 spiro atoms. The quantitative estimate of drug-likeness (QED) is 0.612. The number of hydrogen-bond donors (Lipinski definition) is 1. The summed E-state index contributed by atoms with van der Waals surface area (Å²) < 4.78 is 82.5. The summed E-state index contributed by atoms with van der Waals surface area (Å²) in [5.74, 6) is -2.53. The number of aryl methyl sites for hydroxylation is 1. The van der Waals surface area contributed by atoms with E-state index in [1.54, 1.807) is 18.2 Å². The Morgan fingerprint density at radius 3 is 2.47 bits per heavy atom. The number of urea groups is 1. The molecule has 1 N–H and O–H groups in total. The van der Waals surface area contributed by atoms with Crippen molar-refractivity contribution >= 4 is 27.5 Å². The van der Waals surface area contributed by atoms with E-state index in [0.29, 0.717) is 5.69 Å². The Morgan fingerprint density at radius 1 is 1.19 bits per heavy atom. The summed E-state index contributed by atoms with van der Waals surface area (Å²) in [7, 11) is -3.21. The second-order valence-electron chi connectivity index (χ2n) is 8.81. The normalized spacial score (nSPS) is 21.4. The first-order valence-electron chi connectivity index (χ1n) is 11.0. The fraction of sp³-hybridized carbons (Fsp3) is 0.391. The summed E-state index contributed by atoms with van der Waals surface area (Å²) >= 11 is 0.